The van der Waals surface area contributed by atoms with Crippen LogP contribution in [0.15, 0.2) is 53.0 Å². The Labute approximate surface area is 129 Å². The van der Waals surface area contributed by atoms with E-state index in [1.54, 1.807) is 24.3 Å². The average molecular weight is 347 g/mol. The number of carbonyl (C=O) groups excluding carboxylic acids is 2. The summed E-state index contributed by atoms with van der Waals surface area (Å²) in [4.78, 5) is 33.2. The van der Waals surface area contributed by atoms with Gasteiger partial charge >= 0.3 is 5.97 Å². The van der Waals surface area contributed by atoms with Gasteiger partial charge in [-0.25, -0.2) is 4.79 Å². The van der Waals surface area contributed by atoms with Gasteiger partial charge in [-0.1, -0.05) is 52.3 Å². The van der Waals surface area contributed by atoms with E-state index in [4.69, 9.17) is 5.11 Å². The van der Waals surface area contributed by atoms with Crippen LogP contribution in [0.3, 0.4) is 0 Å². The molecule has 0 amide bonds. The third-order valence-corrected chi connectivity index (χ3v) is 3.47. The lowest BCUT2D eigenvalue weighted by molar-refractivity contribution is -0.148. The molecule has 0 aliphatic heterocycles. The van der Waals surface area contributed by atoms with Crippen LogP contribution in [0.25, 0.3) is 11.1 Å². The summed E-state index contributed by atoms with van der Waals surface area (Å²) in [6, 6.07) is 14.4. The lowest BCUT2D eigenvalue weighted by Gasteiger charge is -2.04. The van der Waals surface area contributed by atoms with Gasteiger partial charge in [0.25, 0.3) is 0 Å². The van der Waals surface area contributed by atoms with Crippen molar-refractivity contribution in [2.45, 2.75) is 6.42 Å². The zero-order valence-electron chi connectivity index (χ0n) is 10.9. The number of halogens is 1. The van der Waals surface area contributed by atoms with Gasteiger partial charge in [-0.3, -0.25) is 9.59 Å². The van der Waals surface area contributed by atoms with Crippen LogP contribution >= 0.6 is 15.9 Å². The van der Waals surface area contributed by atoms with Gasteiger partial charge < -0.3 is 5.11 Å². The second-order valence-corrected chi connectivity index (χ2v) is 5.33. The van der Waals surface area contributed by atoms with E-state index in [0.29, 0.717) is 5.56 Å². The lowest BCUT2D eigenvalue weighted by atomic mass is 10.0. The lowest BCUT2D eigenvalue weighted by Crippen LogP contribution is -2.17. The average Bonchev–Trinajstić information content (AvgIpc) is 2.48. The van der Waals surface area contributed by atoms with Crippen LogP contribution in [0, 0.1) is 0 Å². The molecule has 0 aliphatic rings. The normalized spacial score (nSPS) is 10.1. The first-order valence-electron chi connectivity index (χ1n) is 6.12. The quantitative estimate of drug-likeness (QED) is 0.512. The van der Waals surface area contributed by atoms with Gasteiger partial charge in [0.2, 0.25) is 5.78 Å². The standard InChI is InChI=1S/C16H11BrO4/c17-13-7-5-11(6-8-13)10-1-3-12(4-2-10)14(18)9-15(19)16(20)21/h1-8H,9H2,(H,20,21). The molecular weight excluding hydrogens is 336 g/mol. The molecule has 0 bridgehead atoms. The molecule has 21 heavy (non-hydrogen) atoms. The van der Waals surface area contributed by atoms with Crippen LogP contribution in [0.2, 0.25) is 0 Å². The van der Waals surface area contributed by atoms with Crippen molar-refractivity contribution in [3.05, 3.63) is 58.6 Å². The Morgan fingerprint density at radius 3 is 1.81 bits per heavy atom. The summed E-state index contributed by atoms with van der Waals surface area (Å²) in [5, 5.41) is 8.49. The summed E-state index contributed by atoms with van der Waals surface area (Å²) < 4.78 is 0.977. The first-order valence-corrected chi connectivity index (χ1v) is 6.92. The molecule has 0 aliphatic carbocycles. The van der Waals surface area contributed by atoms with Gasteiger partial charge in [0.1, 0.15) is 0 Å². The molecule has 0 fully saturated rings. The minimum atomic E-state index is -1.59. The van der Waals surface area contributed by atoms with E-state index in [-0.39, 0.29) is 0 Å². The minimum absolute atomic E-state index is 0.325. The molecule has 0 atom stereocenters. The molecule has 0 aromatic heterocycles. The zero-order chi connectivity index (χ0) is 15.4. The Balaban J connectivity index is 2.15. The van der Waals surface area contributed by atoms with Crippen molar-refractivity contribution in [2.24, 2.45) is 0 Å². The first-order chi connectivity index (χ1) is 9.97. The molecule has 0 spiro atoms. The van der Waals surface area contributed by atoms with E-state index in [1.165, 1.54) is 0 Å². The number of rotatable bonds is 5. The molecule has 0 saturated carbocycles. The van der Waals surface area contributed by atoms with E-state index in [1.807, 2.05) is 24.3 Å². The first kappa shape index (κ1) is 15.1. The number of carboxylic acid groups (broad SMARTS) is 1. The van der Waals surface area contributed by atoms with Crippen LogP contribution in [0.5, 0.6) is 0 Å². The number of ketones is 2. The SMILES string of the molecule is O=C(O)C(=O)CC(=O)c1ccc(-c2ccc(Br)cc2)cc1. The van der Waals surface area contributed by atoms with Crippen LogP contribution < -0.4 is 0 Å². The van der Waals surface area contributed by atoms with Crippen molar-refractivity contribution in [2.75, 3.05) is 0 Å². The van der Waals surface area contributed by atoms with E-state index in [0.717, 1.165) is 15.6 Å². The number of hydrogen-bond donors (Lipinski definition) is 1. The molecule has 106 valence electrons. The molecule has 1 N–H and O–H groups in total. The molecule has 0 radical (unpaired) electrons. The Hall–Kier alpha value is -2.27. The van der Waals surface area contributed by atoms with Crippen LogP contribution in [-0.4, -0.2) is 22.6 Å². The summed E-state index contributed by atoms with van der Waals surface area (Å²) >= 11 is 3.36. The van der Waals surface area contributed by atoms with Gasteiger partial charge in [-0.15, -0.1) is 0 Å². The Morgan fingerprint density at radius 1 is 0.857 bits per heavy atom. The second-order valence-electron chi connectivity index (χ2n) is 4.41. The molecular formula is C16H11BrO4. The van der Waals surface area contributed by atoms with Crippen LogP contribution in [0.4, 0.5) is 0 Å². The summed E-state index contributed by atoms with van der Waals surface area (Å²) in [5.41, 5.74) is 2.26. The Morgan fingerprint density at radius 2 is 1.33 bits per heavy atom. The number of carboxylic acids is 1. The van der Waals surface area contributed by atoms with Crippen molar-refractivity contribution in [3.63, 3.8) is 0 Å². The molecule has 2 aromatic rings. The maximum absolute atomic E-state index is 11.8. The summed E-state index contributed by atoms with van der Waals surface area (Å²) in [6.07, 6.45) is -0.618. The maximum Gasteiger partial charge on any atom is 0.372 e. The smallest absolute Gasteiger partial charge is 0.372 e. The predicted octanol–water partition coefficient (Wildman–Crippen LogP) is 3.34. The number of benzene rings is 2. The van der Waals surface area contributed by atoms with E-state index in [9.17, 15) is 14.4 Å². The number of aliphatic carboxylic acids is 1. The monoisotopic (exact) mass is 346 g/mol. The van der Waals surface area contributed by atoms with E-state index >= 15 is 0 Å². The molecule has 2 aromatic carbocycles. The maximum atomic E-state index is 11.8. The van der Waals surface area contributed by atoms with Crippen molar-refractivity contribution in [1.82, 2.24) is 0 Å². The third kappa shape index (κ3) is 3.86. The zero-order valence-corrected chi connectivity index (χ0v) is 12.5. The second kappa shape index (κ2) is 6.45. The van der Waals surface area contributed by atoms with Gasteiger partial charge in [0.05, 0.1) is 6.42 Å². The number of Topliss-reactive ketones (excluding diaryl/α,β-unsaturated/α-hetero) is 2. The molecule has 0 saturated heterocycles. The van der Waals surface area contributed by atoms with Crippen molar-refractivity contribution < 1.29 is 19.5 Å². The topological polar surface area (TPSA) is 71.4 Å². The van der Waals surface area contributed by atoms with Crippen LogP contribution in [0.1, 0.15) is 16.8 Å². The minimum Gasteiger partial charge on any atom is -0.475 e. The highest BCUT2D eigenvalue weighted by atomic mass is 79.9. The van der Waals surface area contributed by atoms with Crippen molar-refractivity contribution in [1.29, 1.82) is 0 Å². The van der Waals surface area contributed by atoms with Gasteiger partial charge in [-0.2, -0.15) is 0 Å². The van der Waals surface area contributed by atoms with Gasteiger partial charge in [0, 0.05) is 10.0 Å². The fourth-order valence-corrected chi connectivity index (χ4v) is 2.08. The van der Waals surface area contributed by atoms with Crippen LogP contribution in [-0.2, 0) is 9.59 Å². The van der Waals surface area contributed by atoms with Crippen molar-refractivity contribution in [3.8, 4) is 11.1 Å². The summed E-state index contributed by atoms with van der Waals surface area (Å²) in [6.45, 7) is 0. The highest BCUT2D eigenvalue weighted by molar-refractivity contribution is 9.10. The molecule has 2 rings (SSSR count). The highest BCUT2D eigenvalue weighted by Crippen LogP contribution is 2.22. The van der Waals surface area contributed by atoms with E-state index in [2.05, 4.69) is 15.9 Å². The Bertz CT molecular complexity index is 687. The van der Waals surface area contributed by atoms with Crippen molar-refractivity contribution >= 4 is 33.5 Å². The highest BCUT2D eigenvalue weighted by Gasteiger charge is 2.17. The molecule has 0 unspecified atom stereocenters. The molecule has 0 heterocycles. The Kier molecular flexibility index (Phi) is 4.65. The number of hydrogen-bond acceptors (Lipinski definition) is 3. The fraction of sp³-hybridized carbons (Fsp3) is 0.0625. The molecule has 4 nitrogen and oxygen atoms in total. The predicted molar refractivity (Wildman–Crippen MR) is 81.2 cm³/mol. The van der Waals surface area contributed by atoms with E-state index < -0.39 is 24.0 Å². The van der Waals surface area contributed by atoms with Gasteiger partial charge in [0.15, 0.2) is 5.78 Å². The summed E-state index contributed by atoms with van der Waals surface area (Å²) in [5.74, 6) is -3.18. The van der Waals surface area contributed by atoms with Gasteiger partial charge in [-0.05, 0) is 23.3 Å². The number of carbonyl (C=O) groups is 3. The largest absolute Gasteiger partial charge is 0.475 e. The summed E-state index contributed by atoms with van der Waals surface area (Å²) in [7, 11) is 0. The third-order valence-electron chi connectivity index (χ3n) is 2.94. The fourth-order valence-electron chi connectivity index (χ4n) is 1.81. The molecule has 5 heteroatoms.